The molecule has 1 aromatic carbocycles. The molecule has 2 nitrogen and oxygen atoms in total. The summed E-state index contributed by atoms with van der Waals surface area (Å²) in [4.78, 5) is 0. The van der Waals surface area contributed by atoms with Gasteiger partial charge in [0.1, 0.15) is 12.4 Å². The highest BCUT2D eigenvalue weighted by atomic mass is 35.5. The largest absolute Gasteiger partial charge is 0.489 e. The van der Waals surface area contributed by atoms with Crippen LogP contribution in [-0.4, -0.2) is 13.2 Å². The predicted octanol–water partition coefficient (Wildman–Crippen LogP) is 4.02. The average Bonchev–Trinajstić information content (AvgIpc) is 2.37. The highest BCUT2D eigenvalue weighted by molar-refractivity contribution is 6.25. The fourth-order valence-electron chi connectivity index (χ4n) is 1.61. The van der Waals surface area contributed by atoms with Gasteiger partial charge in [-0.1, -0.05) is 36.2 Å². The zero-order valence-corrected chi connectivity index (χ0v) is 12.2. The summed E-state index contributed by atoms with van der Waals surface area (Å²) in [5.74, 6) is 0.932. The van der Waals surface area contributed by atoms with Gasteiger partial charge in [-0.3, -0.25) is 0 Å². The summed E-state index contributed by atoms with van der Waals surface area (Å²) in [6, 6.07) is 6.26. The third kappa shape index (κ3) is 5.11. The van der Waals surface area contributed by atoms with Crippen LogP contribution in [0.4, 0.5) is 0 Å². The van der Waals surface area contributed by atoms with E-state index in [-0.39, 0.29) is 0 Å². The number of hydrogen-bond donors (Lipinski definition) is 1. The molecule has 0 spiro atoms. The summed E-state index contributed by atoms with van der Waals surface area (Å²) in [6.45, 7) is 8.61. The zero-order valence-electron chi connectivity index (χ0n) is 11.4. The summed E-state index contributed by atoms with van der Waals surface area (Å²) >= 11 is 5.63. The second kappa shape index (κ2) is 8.17. The van der Waals surface area contributed by atoms with Gasteiger partial charge in [-0.2, -0.15) is 0 Å². The van der Waals surface area contributed by atoms with Crippen LogP contribution in [0.3, 0.4) is 0 Å². The van der Waals surface area contributed by atoms with Crippen molar-refractivity contribution in [2.45, 2.75) is 33.7 Å². The van der Waals surface area contributed by atoms with Crippen LogP contribution in [0.5, 0.6) is 5.75 Å². The Kier molecular flexibility index (Phi) is 6.84. The number of benzene rings is 1. The van der Waals surface area contributed by atoms with Crippen molar-refractivity contribution in [1.82, 2.24) is 5.32 Å². The van der Waals surface area contributed by atoms with Crippen LogP contribution in [0, 0.1) is 6.92 Å². The van der Waals surface area contributed by atoms with Gasteiger partial charge < -0.3 is 10.1 Å². The Morgan fingerprint density at radius 2 is 2.22 bits per heavy atom. The topological polar surface area (TPSA) is 21.3 Å². The smallest absolute Gasteiger partial charge is 0.124 e. The number of ether oxygens (including phenoxy) is 1. The number of halogens is 1. The molecule has 1 rings (SSSR count). The summed E-state index contributed by atoms with van der Waals surface area (Å²) in [6.07, 6.45) is 1.14. The predicted molar refractivity (Wildman–Crippen MR) is 78.3 cm³/mol. The van der Waals surface area contributed by atoms with E-state index < -0.39 is 0 Å². The van der Waals surface area contributed by atoms with E-state index in [2.05, 4.69) is 31.3 Å². The molecule has 0 saturated heterocycles. The van der Waals surface area contributed by atoms with Crippen LogP contribution in [0.25, 0.3) is 0 Å². The van der Waals surface area contributed by atoms with Gasteiger partial charge in [0, 0.05) is 17.6 Å². The number of nitrogens with one attached hydrogen (secondary N) is 1. The van der Waals surface area contributed by atoms with Gasteiger partial charge in [-0.25, -0.2) is 0 Å². The average molecular weight is 268 g/mol. The lowest BCUT2D eigenvalue weighted by Crippen LogP contribution is -2.15. The minimum absolute atomic E-state index is 0.535. The molecule has 0 saturated carbocycles. The lowest BCUT2D eigenvalue weighted by molar-refractivity contribution is 0.347. The van der Waals surface area contributed by atoms with E-state index in [1.54, 1.807) is 5.54 Å². The van der Waals surface area contributed by atoms with Gasteiger partial charge in [0.05, 0.1) is 0 Å². The van der Waals surface area contributed by atoms with Gasteiger partial charge in [0.2, 0.25) is 0 Å². The van der Waals surface area contributed by atoms with Gasteiger partial charge in [0.25, 0.3) is 0 Å². The maximum absolute atomic E-state index is 5.78. The van der Waals surface area contributed by atoms with E-state index in [0.717, 1.165) is 30.8 Å². The van der Waals surface area contributed by atoms with Crippen molar-refractivity contribution in [2.75, 3.05) is 13.2 Å². The molecule has 0 fully saturated rings. The molecule has 0 aromatic heterocycles. The highest BCUT2D eigenvalue weighted by Gasteiger charge is 2.04. The fraction of sp³-hybridized carbons (Fsp3) is 0.467. The van der Waals surface area contributed by atoms with Crippen molar-refractivity contribution < 1.29 is 4.74 Å². The van der Waals surface area contributed by atoms with Crippen molar-refractivity contribution in [2.24, 2.45) is 0 Å². The van der Waals surface area contributed by atoms with Crippen LogP contribution in [0.1, 0.15) is 31.4 Å². The molecule has 3 heteroatoms. The molecule has 0 aliphatic carbocycles. The van der Waals surface area contributed by atoms with Crippen molar-refractivity contribution in [3.05, 3.63) is 40.4 Å². The fourth-order valence-corrected chi connectivity index (χ4v) is 1.67. The van der Waals surface area contributed by atoms with Crippen LogP contribution in [0.15, 0.2) is 29.3 Å². The number of hydrogen-bond acceptors (Lipinski definition) is 2. The van der Waals surface area contributed by atoms with E-state index in [4.69, 9.17) is 16.3 Å². The molecular weight excluding hydrogens is 246 g/mol. The summed E-state index contributed by atoms with van der Waals surface area (Å²) in [7, 11) is 0. The summed E-state index contributed by atoms with van der Waals surface area (Å²) in [5, 5.41) is 3.40. The first-order valence-electron chi connectivity index (χ1n) is 6.36. The van der Waals surface area contributed by atoms with Crippen molar-refractivity contribution in [3.8, 4) is 5.75 Å². The third-order valence-electron chi connectivity index (χ3n) is 2.60. The van der Waals surface area contributed by atoms with Crippen molar-refractivity contribution >= 4 is 11.6 Å². The Labute approximate surface area is 115 Å². The van der Waals surface area contributed by atoms with E-state index in [0.29, 0.717) is 6.61 Å². The molecule has 0 amide bonds. The molecule has 1 aromatic rings. The Hall–Kier alpha value is -0.990. The lowest BCUT2D eigenvalue weighted by atomic mass is 10.1. The second-order valence-electron chi connectivity index (χ2n) is 4.53. The minimum Gasteiger partial charge on any atom is -0.489 e. The van der Waals surface area contributed by atoms with Gasteiger partial charge in [-0.05, 0) is 38.5 Å². The molecule has 0 aliphatic rings. The first-order chi connectivity index (χ1) is 8.67. The summed E-state index contributed by atoms with van der Waals surface area (Å²) in [5.41, 5.74) is 5.03. The maximum Gasteiger partial charge on any atom is 0.124 e. The molecule has 0 aliphatic heterocycles. The Morgan fingerprint density at radius 1 is 1.44 bits per heavy atom. The lowest BCUT2D eigenvalue weighted by Gasteiger charge is -2.13. The molecule has 18 heavy (non-hydrogen) atoms. The summed E-state index contributed by atoms with van der Waals surface area (Å²) < 4.78 is 5.78. The van der Waals surface area contributed by atoms with Gasteiger partial charge in [-0.15, -0.1) is 0 Å². The maximum atomic E-state index is 5.78. The standard InChI is InChI=1S/C15H22ClNO/c1-4-7-17-10-14-8-12(2)5-6-15(14)18-11-13(3)9-16/h5-6,8-9,17H,4,7,10-11H2,1-3H3/b13-9+. The molecule has 0 unspecified atom stereocenters. The van der Waals surface area contributed by atoms with Crippen LogP contribution < -0.4 is 10.1 Å². The van der Waals surface area contributed by atoms with Gasteiger partial charge >= 0.3 is 0 Å². The monoisotopic (exact) mass is 267 g/mol. The van der Waals surface area contributed by atoms with E-state index in [1.165, 1.54) is 11.1 Å². The number of rotatable bonds is 7. The van der Waals surface area contributed by atoms with Crippen molar-refractivity contribution in [3.63, 3.8) is 0 Å². The normalized spacial score (nSPS) is 11.7. The van der Waals surface area contributed by atoms with E-state index in [9.17, 15) is 0 Å². The molecule has 0 bridgehead atoms. The zero-order chi connectivity index (χ0) is 13.4. The third-order valence-corrected chi connectivity index (χ3v) is 2.97. The van der Waals surface area contributed by atoms with Crippen LogP contribution in [0.2, 0.25) is 0 Å². The second-order valence-corrected chi connectivity index (χ2v) is 4.75. The minimum atomic E-state index is 0.535. The Morgan fingerprint density at radius 3 is 2.89 bits per heavy atom. The molecular formula is C15H22ClNO. The van der Waals surface area contributed by atoms with Crippen LogP contribution in [-0.2, 0) is 6.54 Å². The first-order valence-corrected chi connectivity index (χ1v) is 6.80. The highest BCUT2D eigenvalue weighted by Crippen LogP contribution is 2.20. The van der Waals surface area contributed by atoms with Gasteiger partial charge in [0.15, 0.2) is 0 Å². The van der Waals surface area contributed by atoms with Crippen molar-refractivity contribution in [1.29, 1.82) is 0 Å². The SMILES string of the molecule is CCCNCc1cc(C)ccc1OC/C(C)=C/Cl. The Bertz CT molecular complexity index is 401. The molecule has 0 heterocycles. The molecule has 100 valence electrons. The number of aryl methyl sites for hydroxylation is 1. The van der Waals surface area contributed by atoms with Crippen LogP contribution >= 0.6 is 11.6 Å². The first kappa shape index (κ1) is 15.1. The molecule has 1 N–H and O–H groups in total. The molecule has 0 atom stereocenters. The quantitative estimate of drug-likeness (QED) is 0.754. The van der Waals surface area contributed by atoms with E-state index >= 15 is 0 Å². The molecule has 0 radical (unpaired) electrons. The Balaban J connectivity index is 2.69. The van der Waals surface area contributed by atoms with E-state index in [1.807, 2.05) is 13.0 Å².